The molecule has 7 heteroatoms. The van der Waals surface area contributed by atoms with Crippen LogP contribution >= 0.6 is 0 Å². The molecule has 2 aromatic rings. The van der Waals surface area contributed by atoms with Gasteiger partial charge in [-0.2, -0.15) is 0 Å². The van der Waals surface area contributed by atoms with Crippen molar-refractivity contribution in [2.45, 2.75) is 38.0 Å². The summed E-state index contributed by atoms with van der Waals surface area (Å²) in [6.45, 7) is 2.40. The molecule has 1 unspecified atom stereocenters. The zero-order valence-electron chi connectivity index (χ0n) is 16.5. The van der Waals surface area contributed by atoms with Gasteiger partial charge in [-0.3, -0.25) is 4.79 Å². The molecule has 1 atom stereocenters. The van der Waals surface area contributed by atoms with Gasteiger partial charge in [0.2, 0.25) is 0 Å². The molecule has 1 aromatic heterocycles. The maximum atomic E-state index is 12.0. The second kappa shape index (κ2) is 8.29. The molecular formula is C22H28N4O3. The Kier molecular flexibility index (Phi) is 5.58. The lowest BCUT2D eigenvalue weighted by molar-refractivity contribution is 0.0999. The number of aromatic nitrogens is 1. The molecule has 29 heavy (non-hydrogen) atoms. The molecule has 4 rings (SSSR count). The largest absolute Gasteiger partial charge is 0.508 e. The number of nitrogens with two attached hydrogens (primary N) is 2. The predicted molar refractivity (Wildman–Crippen MR) is 111 cm³/mol. The number of pyridine rings is 1. The second-order valence-electron chi connectivity index (χ2n) is 8.06. The SMILES string of the molecule is NC(=O)c1c(C2CCCNC2)cc(Cc2c(O)cccc2OCC2CC2)nc1N. The lowest BCUT2D eigenvalue weighted by Crippen LogP contribution is -2.30. The summed E-state index contributed by atoms with van der Waals surface area (Å²) in [6, 6.07) is 7.19. The van der Waals surface area contributed by atoms with Crippen molar-refractivity contribution in [2.75, 3.05) is 25.4 Å². The Morgan fingerprint density at radius 1 is 1.31 bits per heavy atom. The summed E-state index contributed by atoms with van der Waals surface area (Å²) in [5, 5.41) is 13.8. The monoisotopic (exact) mass is 396 g/mol. The van der Waals surface area contributed by atoms with E-state index in [4.69, 9.17) is 16.2 Å². The fourth-order valence-corrected chi connectivity index (χ4v) is 3.98. The Morgan fingerprint density at radius 3 is 2.83 bits per heavy atom. The molecule has 1 aliphatic heterocycles. The first kappa shape index (κ1) is 19.5. The minimum absolute atomic E-state index is 0.145. The first-order valence-electron chi connectivity index (χ1n) is 10.3. The van der Waals surface area contributed by atoms with Gasteiger partial charge in [-0.25, -0.2) is 4.98 Å². The van der Waals surface area contributed by atoms with Gasteiger partial charge in [0.1, 0.15) is 17.3 Å². The number of anilines is 1. The van der Waals surface area contributed by atoms with E-state index in [-0.39, 0.29) is 17.5 Å². The zero-order valence-corrected chi connectivity index (χ0v) is 16.5. The van der Waals surface area contributed by atoms with Crippen molar-refractivity contribution in [1.82, 2.24) is 10.3 Å². The highest BCUT2D eigenvalue weighted by Gasteiger charge is 2.25. The fraction of sp³-hybridized carbons (Fsp3) is 0.455. The number of nitrogen functional groups attached to an aromatic ring is 1. The van der Waals surface area contributed by atoms with Gasteiger partial charge in [-0.05, 0) is 67.8 Å². The maximum Gasteiger partial charge on any atom is 0.252 e. The molecule has 0 radical (unpaired) electrons. The number of nitrogens with zero attached hydrogens (tertiary/aromatic N) is 1. The Morgan fingerprint density at radius 2 is 2.14 bits per heavy atom. The van der Waals surface area contributed by atoms with E-state index in [1.807, 2.05) is 12.1 Å². The third-order valence-electron chi connectivity index (χ3n) is 5.75. The summed E-state index contributed by atoms with van der Waals surface area (Å²) in [4.78, 5) is 16.5. The van der Waals surface area contributed by atoms with Gasteiger partial charge in [0, 0.05) is 24.2 Å². The lowest BCUT2D eigenvalue weighted by atomic mass is 9.87. The summed E-state index contributed by atoms with van der Waals surface area (Å²) in [6.07, 6.45) is 4.74. The average molecular weight is 396 g/mol. The van der Waals surface area contributed by atoms with Gasteiger partial charge in [0.15, 0.2) is 0 Å². The van der Waals surface area contributed by atoms with Crippen molar-refractivity contribution in [3.63, 3.8) is 0 Å². The van der Waals surface area contributed by atoms with E-state index in [1.165, 1.54) is 12.8 Å². The number of piperidine rings is 1. The van der Waals surface area contributed by atoms with Crippen molar-refractivity contribution < 1.29 is 14.6 Å². The summed E-state index contributed by atoms with van der Waals surface area (Å²) in [7, 11) is 0. The third-order valence-corrected chi connectivity index (χ3v) is 5.75. The van der Waals surface area contributed by atoms with Crippen LogP contribution in [0.4, 0.5) is 5.82 Å². The Balaban J connectivity index is 1.67. The third kappa shape index (κ3) is 4.45. The molecule has 2 fully saturated rings. The molecule has 0 bridgehead atoms. The van der Waals surface area contributed by atoms with Crippen LogP contribution < -0.4 is 21.5 Å². The highest BCUT2D eigenvalue weighted by atomic mass is 16.5. The van der Waals surface area contributed by atoms with Crippen molar-refractivity contribution >= 4 is 11.7 Å². The summed E-state index contributed by atoms with van der Waals surface area (Å²) in [5.41, 5.74) is 14.3. The number of amides is 1. The molecular weight excluding hydrogens is 368 g/mol. The molecule has 1 amide bonds. The summed E-state index contributed by atoms with van der Waals surface area (Å²) < 4.78 is 5.95. The number of hydrogen-bond donors (Lipinski definition) is 4. The standard InChI is InChI=1S/C22H28N4O3/c23-21-20(22(24)28)16(14-3-2-8-25-11-14)9-15(26-21)10-17-18(27)4-1-5-19(17)29-12-13-6-7-13/h1,4-5,9,13-14,25,27H,2-3,6-8,10-12H2,(H2,23,26)(H2,24,28). The number of nitrogens with one attached hydrogen (secondary N) is 1. The van der Waals surface area contributed by atoms with E-state index in [1.54, 1.807) is 12.1 Å². The Hall–Kier alpha value is -2.80. The second-order valence-corrected chi connectivity index (χ2v) is 8.06. The summed E-state index contributed by atoms with van der Waals surface area (Å²) >= 11 is 0. The number of carbonyl (C=O) groups excluding carboxylic acids is 1. The van der Waals surface area contributed by atoms with Gasteiger partial charge in [0.05, 0.1) is 12.2 Å². The molecule has 2 aliphatic rings. The number of phenolic OH excluding ortho intramolecular Hbond substituents is 1. The summed E-state index contributed by atoms with van der Waals surface area (Å²) in [5.74, 6) is 1.18. The number of ether oxygens (including phenoxy) is 1. The number of carbonyl (C=O) groups is 1. The van der Waals surface area contributed by atoms with Crippen LogP contribution in [-0.4, -0.2) is 35.7 Å². The van der Waals surface area contributed by atoms with Gasteiger partial charge in [-0.15, -0.1) is 0 Å². The smallest absolute Gasteiger partial charge is 0.252 e. The lowest BCUT2D eigenvalue weighted by Gasteiger charge is -2.25. The first-order valence-corrected chi connectivity index (χ1v) is 10.3. The molecule has 1 saturated carbocycles. The number of hydrogen-bond acceptors (Lipinski definition) is 6. The predicted octanol–water partition coefficient (Wildman–Crippen LogP) is 2.31. The van der Waals surface area contributed by atoms with Crippen LogP contribution in [0.25, 0.3) is 0 Å². The molecule has 7 nitrogen and oxygen atoms in total. The quantitative estimate of drug-likeness (QED) is 0.569. The Bertz CT molecular complexity index is 905. The maximum absolute atomic E-state index is 12.0. The van der Waals surface area contributed by atoms with E-state index in [0.717, 1.165) is 31.5 Å². The zero-order chi connectivity index (χ0) is 20.4. The van der Waals surface area contributed by atoms with E-state index < -0.39 is 5.91 Å². The van der Waals surface area contributed by atoms with Crippen molar-refractivity contribution in [3.05, 3.63) is 46.6 Å². The van der Waals surface area contributed by atoms with Crippen LogP contribution in [-0.2, 0) is 6.42 Å². The normalized spacial score (nSPS) is 19.1. The molecule has 6 N–H and O–H groups in total. The molecule has 154 valence electrons. The van der Waals surface area contributed by atoms with E-state index >= 15 is 0 Å². The van der Waals surface area contributed by atoms with Gasteiger partial charge in [0.25, 0.3) is 5.91 Å². The fourth-order valence-electron chi connectivity index (χ4n) is 3.98. The van der Waals surface area contributed by atoms with Crippen LogP contribution in [0.5, 0.6) is 11.5 Å². The van der Waals surface area contributed by atoms with Gasteiger partial charge in [-0.1, -0.05) is 6.07 Å². The number of primary amides is 1. The van der Waals surface area contributed by atoms with Crippen LogP contribution in [0.1, 0.15) is 58.8 Å². The van der Waals surface area contributed by atoms with Crippen LogP contribution in [0.15, 0.2) is 24.3 Å². The number of phenols is 1. The van der Waals surface area contributed by atoms with Gasteiger partial charge < -0.3 is 26.6 Å². The number of aromatic hydroxyl groups is 1. The number of benzene rings is 1. The topological polar surface area (TPSA) is 123 Å². The Labute approximate surface area is 170 Å². The molecule has 2 heterocycles. The average Bonchev–Trinajstić information content (AvgIpc) is 3.53. The van der Waals surface area contributed by atoms with Gasteiger partial charge >= 0.3 is 0 Å². The first-order chi connectivity index (χ1) is 14.0. The van der Waals surface area contributed by atoms with E-state index in [0.29, 0.717) is 41.5 Å². The van der Waals surface area contributed by atoms with Crippen LogP contribution in [0.3, 0.4) is 0 Å². The molecule has 0 spiro atoms. The minimum Gasteiger partial charge on any atom is -0.508 e. The number of rotatable bonds is 7. The van der Waals surface area contributed by atoms with Crippen LogP contribution in [0.2, 0.25) is 0 Å². The molecule has 1 saturated heterocycles. The minimum atomic E-state index is -0.557. The molecule has 1 aliphatic carbocycles. The van der Waals surface area contributed by atoms with Crippen molar-refractivity contribution in [1.29, 1.82) is 0 Å². The van der Waals surface area contributed by atoms with Crippen molar-refractivity contribution in [3.8, 4) is 11.5 Å². The van der Waals surface area contributed by atoms with E-state index in [2.05, 4.69) is 10.3 Å². The highest BCUT2D eigenvalue weighted by Crippen LogP contribution is 2.35. The van der Waals surface area contributed by atoms with Crippen molar-refractivity contribution in [2.24, 2.45) is 11.7 Å². The highest BCUT2D eigenvalue weighted by molar-refractivity contribution is 5.99. The van der Waals surface area contributed by atoms with E-state index in [9.17, 15) is 9.90 Å². The molecule has 1 aromatic carbocycles. The van der Waals surface area contributed by atoms with Crippen LogP contribution in [0, 0.1) is 5.92 Å².